The first-order chi connectivity index (χ1) is 11.5. The van der Waals surface area contributed by atoms with Crippen LogP contribution in [-0.4, -0.2) is 58.4 Å². The van der Waals surface area contributed by atoms with Crippen LogP contribution < -0.4 is 14.8 Å². The zero-order valence-electron chi connectivity index (χ0n) is 16.2. The molecule has 1 aromatic carbocycles. The van der Waals surface area contributed by atoms with Crippen LogP contribution in [0.4, 0.5) is 0 Å². The monoisotopic (exact) mass is 465 g/mol. The Labute approximate surface area is 169 Å². The van der Waals surface area contributed by atoms with Crippen LogP contribution in [0.5, 0.6) is 11.5 Å². The molecule has 0 heterocycles. The normalized spacial score (nSPS) is 11.1. The van der Waals surface area contributed by atoms with Gasteiger partial charge in [-0.15, -0.1) is 24.0 Å². The highest BCUT2D eigenvalue weighted by atomic mass is 127. The lowest BCUT2D eigenvalue weighted by atomic mass is 10.2. The number of nitrogens with zero attached hydrogens (tertiary/aromatic N) is 2. The van der Waals surface area contributed by atoms with Gasteiger partial charge in [0.25, 0.3) is 0 Å². The molecule has 0 saturated heterocycles. The van der Waals surface area contributed by atoms with Crippen molar-refractivity contribution in [3.05, 3.63) is 23.8 Å². The van der Waals surface area contributed by atoms with Crippen molar-refractivity contribution in [1.82, 2.24) is 10.2 Å². The highest BCUT2D eigenvalue weighted by Gasteiger charge is 2.11. The maximum absolute atomic E-state index is 5.54. The average Bonchev–Trinajstić information content (AvgIpc) is 2.58. The number of ether oxygens (including phenoxy) is 3. The number of aliphatic imine (C=N–C) groups is 1. The maximum atomic E-state index is 5.54. The molecule has 1 N–H and O–H groups in total. The molecule has 0 aliphatic heterocycles. The quantitative estimate of drug-likeness (QED) is 0.263. The summed E-state index contributed by atoms with van der Waals surface area (Å²) in [5, 5.41) is 3.35. The molecule has 0 radical (unpaired) electrons. The lowest BCUT2D eigenvalue weighted by Gasteiger charge is -2.23. The zero-order valence-corrected chi connectivity index (χ0v) is 18.5. The number of guanidine groups is 1. The van der Waals surface area contributed by atoms with Gasteiger partial charge in [0.15, 0.2) is 5.96 Å². The van der Waals surface area contributed by atoms with E-state index >= 15 is 0 Å². The number of methoxy groups -OCH3 is 2. The summed E-state index contributed by atoms with van der Waals surface area (Å²) in [6, 6.07) is 5.84. The zero-order chi connectivity index (χ0) is 17.9. The molecule has 7 heteroatoms. The van der Waals surface area contributed by atoms with E-state index in [4.69, 9.17) is 14.2 Å². The molecule has 0 aliphatic carbocycles. The van der Waals surface area contributed by atoms with Gasteiger partial charge in [-0.2, -0.15) is 0 Å². The van der Waals surface area contributed by atoms with E-state index in [9.17, 15) is 0 Å². The summed E-state index contributed by atoms with van der Waals surface area (Å²) in [5.41, 5.74) is 1.08. The number of nitrogens with one attached hydrogen (secondary N) is 1. The molecule has 0 unspecified atom stereocenters. The Morgan fingerprint density at radius 2 is 1.96 bits per heavy atom. The van der Waals surface area contributed by atoms with Crippen LogP contribution in [0.1, 0.15) is 25.8 Å². The van der Waals surface area contributed by atoms with E-state index in [1.807, 2.05) is 39.1 Å². The fourth-order valence-electron chi connectivity index (χ4n) is 2.29. The van der Waals surface area contributed by atoms with Gasteiger partial charge in [-0.05, 0) is 32.4 Å². The van der Waals surface area contributed by atoms with Gasteiger partial charge >= 0.3 is 0 Å². The predicted octanol–water partition coefficient (Wildman–Crippen LogP) is 3.14. The molecule has 25 heavy (non-hydrogen) atoms. The van der Waals surface area contributed by atoms with Crippen LogP contribution in [-0.2, 0) is 11.3 Å². The van der Waals surface area contributed by atoms with Gasteiger partial charge in [0.1, 0.15) is 11.5 Å². The second-order valence-electron chi connectivity index (χ2n) is 5.78. The van der Waals surface area contributed by atoms with E-state index in [0.29, 0.717) is 6.54 Å². The summed E-state index contributed by atoms with van der Waals surface area (Å²) in [4.78, 5) is 6.39. The van der Waals surface area contributed by atoms with Crippen LogP contribution in [0.15, 0.2) is 23.2 Å². The number of hydrogen-bond donors (Lipinski definition) is 1. The van der Waals surface area contributed by atoms with Crippen molar-refractivity contribution >= 4 is 29.9 Å². The highest BCUT2D eigenvalue weighted by Crippen LogP contribution is 2.25. The van der Waals surface area contributed by atoms with Crippen molar-refractivity contribution in [2.75, 3.05) is 41.5 Å². The summed E-state index contributed by atoms with van der Waals surface area (Å²) in [6.07, 6.45) is 1.21. The molecule has 0 aliphatic rings. The van der Waals surface area contributed by atoms with Crippen molar-refractivity contribution in [1.29, 1.82) is 0 Å². The largest absolute Gasteiger partial charge is 0.497 e. The second-order valence-corrected chi connectivity index (χ2v) is 5.78. The van der Waals surface area contributed by atoms with Crippen LogP contribution in [0.3, 0.4) is 0 Å². The third-order valence-electron chi connectivity index (χ3n) is 3.53. The molecule has 0 aromatic heterocycles. The summed E-state index contributed by atoms with van der Waals surface area (Å²) in [6.45, 7) is 6.35. The number of hydrogen-bond acceptors (Lipinski definition) is 4. The topological polar surface area (TPSA) is 55.3 Å². The maximum Gasteiger partial charge on any atom is 0.193 e. The molecule has 0 spiro atoms. The van der Waals surface area contributed by atoms with Crippen molar-refractivity contribution < 1.29 is 14.2 Å². The average molecular weight is 465 g/mol. The molecule has 0 amide bonds. The lowest BCUT2D eigenvalue weighted by Crippen LogP contribution is -2.39. The van der Waals surface area contributed by atoms with Gasteiger partial charge in [-0.25, -0.2) is 0 Å². The summed E-state index contributed by atoms with van der Waals surface area (Å²) >= 11 is 0. The van der Waals surface area contributed by atoms with Gasteiger partial charge in [0, 0.05) is 45.4 Å². The molecule has 0 bridgehead atoms. The first kappa shape index (κ1) is 23.8. The van der Waals surface area contributed by atoms with E-state index < -0.39 is 0 Å². The van der Waals surface area contributed by atoms with Crippen LogP contribution in [0.25, 0.3) is 0 Å². The third kappa shape index (κ3) is 8.62. The standard InChI is InChI=1S/C18H31N3O3.HI/c1-14(2)24-11-7-10-20-18(19-3)21(4)13-15-8-9-16(22-5)12-17(15)23-6;/h8-9,12,14H,7,10-11,13H2,1-6H3,(H,19,20);1H. The SMILES string of the molecule is CN=C(NCCCOC(C)C)N(C)Cc1ccc(OC)cc1OC.I. The summed E-state index contributed by atoms with van der Waals surface area (Å²) in [7, 11) is 7.10. The molecular formula is C18H32IN3O3. The van der Waals surface area contributed by atoms with Crippen molar-refractivity contribution in [2.24, 2.45) is 4.99 Å². The number of benzene rings is 1. The molecule has 1 rings (SSSR count). The second kappa shape index (κ2) is 13.0. The van der Waals surface area contributed by atoms with Gasteiger partial charge < -0.3 is 24.4 Å². The molecule has 0 saturated carbocycles. The first-order valence-electron chi connectivity index (χ1n) is 8.26. The Kier molecular flexibility index (Phi) is 12.4. The molecule has 1 aromatic rings. The summed E-state index contributed by atoms with van der Waals surface area (Å²) in [5.74, 6) is 2.44. The van der Waals surface area contributed by atoms with E-state index in [-0.39, 0.29) is 30.1 Å². The van der Waals surface area contributed by atoms with E-state index in [1.165, 1.54) is 0 Å². The number of rotatable bonds is 9. The minimum absolute atomic E-state index is 0. The minimum Gasteiger partial charge on any atom is -0.497 e. The molecule has 144 valence electrons. The van der Waals surface area contributed by atoms with Crippen molar-refractivity contribution in [3.8, 4) is 11.5 Å². The Balaban J connectivity index is 0.00000576. The third-order valence-corrected chi connectivity index (χ3v) is 3.53. The lowest BCUT2D eigenvalue weighted by molar-refractivity contribution is 0.0776. The fourth-order valence-corrected chi connectivity index (χ4v) is 2.29. The Bertz CT molecular complexity index is 524. The Morgan fingerprint density at radius 1 is 1.24 bits per heavy atom. The first-order valence-corrected chi connectivity index (χ1v) is 8.26. The Morgan fingerprint density at radius 3 is 2.52 bits per heavy atom. The molecular weight excluding hydrogens is 433 g/mol. The summed E-state index contributed by atoms with van der Waals surface area (Å²) < 4.78 is 16.2. The van der Waals surface area contributed by atoms with Gasteiger partial charge in [0.2, 0.25) is 0 Å². The van der Waals surface area contributed by atoms with Crippen LogP contribution in [0, 0.1) is 0 Å². The number of halogens is 1. The minimum atomic E-state index is 0. The van der Waals surface area contributed by atoms with E-state index in [1.54, 1.807) is 21.3 Å². The van der Waals surface area contributed by atoms with Gasteiger partial charge in [-0.3, -0.25) is 4.99 Å². The van der Waals surface area contributed by atoms with E-state index in [0.717, 1.165) is 42.6 Å². The van der Waals surface area contributed by atoms with Crippen LogP contribution >= 0.6 is 24.0 Å². The van der Waals surface area contributed by atoms with Gasteiger partial charge in [0.05, 0.1) is 20.3 Å². The van der Waals surface area contributed by atoms with Crippen molar-refractivity contribution in [2.45, 2.75) is 32.9 Å². The van der Waals surface area contributed by atoms with Crippen LogP contribution in [0.2, 0.25) is 0 Å². The molecule has 0 fully saturated rings. The van der Waals surface area contributed by atoms with E-state index in [2.05, 4.69) is 15.2 Å². The van der Waals surface area contributed by atoms with Crippen molar-refractivity contribution in [3.63, 3.8) is 0 Å². The van der Waals surface area contributed by atoms with Gasteiger partial charge in [-0.1, -0.05) is 0 Å². The molecule has 0 atom stereocenters. The predicted molar refractivity (Wildman–Crippen MR) is 113 cm³/mol. The smallest absolute Gasteiger partial charge is 0.193 e. The Hall–Kier alpha value is -1.22. The fraction of sp³-hybridized carbons (Fsp3) is 0.611. The molecule has 6 nitrogen and oxygen atoms in total. The highest BCUT2D eigenvalue weighted by molar-refractivity contribution is 14.0.